The van der Waals surface area contributed by atoms with Gasteiger partial charge in [0.1, 0.15) is 11.9 Å². The molecule has 2 N–H and O–H groups in total. The molecule has 0 bridgehead atoms. The van der Waals surface area contributed by atoms with Crippen LogP contribution in [0.25, 0.3) is 0 Å². The third-order valence-electron chi connectivity index (χ3n) is 5.11. The molecule has 0 amide bonds. The number of anilines is 1. The van der Waals surface area contributed by atoms with Gasteiger partial charge in [-0.2, -0.15) is 5.26 Å². The van der Waals surface area contributed by atoms with E-state index in [1.165, 1.54) is 35.2 Å². The van der Waals surface area contributed by atoms with E-state index in [4.69, 9.17) is 4.98 Å². The topological polar surface area (TPSA) is 60.7 Å². The van der Waals surface area contributed by atoms with Gasteiger partial charge >= 0.3 is 0 Å². The molecule has 4 rings (SSSR count). The van der Waals surface area contributed by atoms with Crippen LogP contribution in [0.2, 0.25) is 0 Å². The minimum Gasteiger partial charge on any atom is -0.367 e. The lowest BCUT2D eigenvalue weighted by atomic mass is 9.94. The van der Waals surface area contributed by atoms with Gasteiger partial charge in [0.2, 0.25) is 0 Å². The van der Waals surface area contributed by atoms with E-state index in [1.54, 1.807) is 0 Å². The Morgan fingerprint density at radius 1 is 1.17 bits per heavy atom. The van der Waals surface area contributed by atoms with Crippen LogP contribution in [0.3, 0.4) is 0 Å². The van der Waals surface area contributed by atoms with Crippen molar-refractivity contribution >= 4 is 5.82 Å². The summed E-state index contributed by atoms with van der Waals surface area (Å²) in [6, 6.07) is 13.2. The van der Waals surface area contributed by atoms with Crippen LogP contribution in [-0.2, 0) is 19.3 Å². The Morgan fingerprint density at radius 2 is 2.04 bits per heavy atom. The van der Waals surface area contributed by atoms with Crippen molar-refractivity contribution in [3.63, 3.8) is 0 Å². The number of pyridine rings is 1. The Balaban J connectivity index is 1.55. The van der Waals surface area contributed by atoms with Gasteiger partial charge in [-0.1, -0.05) is 24.3 Å². The molecule has 122 valence electrons. The largest absolute Gasteiger partial charge is 0.367 e. The van der Waals surface area contributed by atoms with Crippen molar-refractivity contribution < 1.29 is 0 Å². The Hall–Kier alpha value is -2.38. The number of aryl methyl sites for hydroxylation is 2. The molecule has 1 unspecified atom stereocenters. The van der Waals surface area contributed by atoms with E-state index in [1.807, 2.05) is 6.07 Å². The van der Waals surface area contributed by atoms with E-state index in [9.17, 15) is 5.26 Å². The molecule has 1 aromatic heterocycles. The lowest BCUT2D eigenvalue weighted by Gasteiger charge is -2.27. The monoisotopic (exact) mass is 318 g/mol. The number of fused-ring (bicyclic) bond motifs is 2. The van der Waals surface area contributed by atoms with Crippen molar-refractivity contribution in [1.82, 2.24) is 10.3 Å². The summed E-state index contributed by atoms with van der Waals surface area (Å²) in [7, 11) is 0. The number of rotatable bonds is 3. The van der Waals surface area contributed by atoms with Gasteiger partial charge in [0, 0.05) is 18.3 Å². The average molecular weight is 318 g/mol. The van der Waals surface area contributed by atoms with Gasteiger partial charge in [-0.05, 0) is 61.4 Å². The van der Waals surface area contributed by atoms with Crippen LogP contribution in [0.15, 0.2) is 30.3 Å². The van der Waals surface area contributed by atoms with Crippen molar-refractivity contribution in [3.05, 3.63) is 58.3 Å². The van der Waals surface area contributed by atoms with Crippen molar-refractivity contribution in [2.45, 2.75) is 38.1 Å². The molecule has 1 aliphatic heterocycles. The van der Waals surface area contributed by atoms with Gasteiger partial charge in [-0.15, -0.1) is 0 Å². The number of nitrogens with one attached hydrogen (secondary N) is 2. The fourth-order valence-electron chi connectivity index (χ4n) is 3.83. The van der Waals surface area contributed by atoms with E-state index in [0.29, 0.717) is 5.56 Å². The number of aromatic nitrogens is 1. The molecule has 24 heavy (non-hydrogen) atoms. The molecule has 0 spiro atoms. The molecule has 2 aromatic rings. The Labute approximate surface area is 142 Å². The second-order valence-corrected chi connectivity index (χ2v) is 6.65. The molecule has 1 aromatic carbocycles. The zero-order valence-corrected chi connectivity index (χ0v) is 13.8. The number of hydrogen-bond donors (Lipinski definition) is 2. The highest BCUT2D eigenvalue weighted by Gasteiger charge is 2.20. The molecule has 2 heterocycles. The van der Waals surface area contributed by atoms with Crippen LogP contribution in [0.4, 0.5) is 5.82 Å². The van der Waals surface area contributed by atoms with E-state index < -0.39 is 0 Å². The van der Waals surface area contributed by atoms with Crippen molar-refractivity contribution in [2.75, 3.05) is 18.4 Å². The average Bonchev–Trinajstić information content (AvgIpc) is 2.65. The second kappa shape index (κ2) is 6.62. The van der Waals surface area contributed by atoms with Gasteiger partial charge in [0.15, 0.2) is 0 Å². The minimum atomic E-state index is 0.263. The van der Waals surface area contributed by atoms with Crippen LogP contribution in [0.1, 0.15) is 46.8 Å². The van der Waals surface area contributed by atoms with Crippen LogP contribution < -0.4 is 10.6 Å². The maximum absolute atomic E-state index is 9.47. The van der Waals surface area contributed by atoms with E-state index >= 15 is 0 Å². The van der Waals surface area contributed by atoms with Gasteiger partial charge in [0.05, 0.1) is 5.56 Å². The normalized spacial score (nSPS) is 19.0. The Kier molecular flexibility index (Phi) is 4.18. The van der Waals surface area contributed by atoms with E-state index in [2.05, 4.69) is 41.0 Å². The van der Waals surface area contributed by atoms with Crippen molar-refractivity contribution in [1.29, 1.82) is 5.26 Å². The highest BCUT2D eigenvalue weighted by molar-refractivity contribution is 5.55. The smallest absolute Gasteiger partial charge is 0.144 e. The SMILES string of the molecule is N#Cc1cc2c(nc1NCC1NCCc3ccccc31)CCCC2. The molecular weight excluding hydrogens is 296 g/mol. The third-order valence-corrected chi connectivity index (χ3v) is 5.11. The lowest BCUT2D eigenvalue weighted by Crippen LogP contribution is -2.34. The molecule has 0 saturated carbocycles. The molecule has 4 nitrogen and oxygen atoms in total. The van der Waals surface area contributed by atoms with Crippen LogP contribution in [0.5, 0.6) is 0 Å². The van der Waals surface area contributed by atoms with Gasteiger partial charge in [-0.25, -0.2) is 4.98 Å². The predicted octanol–water partition coefficient (Wildman–Crippen LogP) is 3.13. The van der Waals surface area contributed by atoms with Crippen molar-refractivity contribution in [2.24, 2.45) is 0 Å². The lowest BCUT2D eigenvalue weighted by molar-refractivity contribution is 0.522. The fourth-order valence-corrected chi connectivity index (χ4v) is 3.83. The van der Waals surface area contributed by atoms with E-state index in [0.717, 1.165) is 38.2 Å². The first-order valence-corrected chi connectivity index (χ1v) is 8.83. The molecule has 4 heteroatoms. The Bertz CT molecular complexity index is 791. The molecule has 1 aliphatic carbocycles. The first-order chi connectivity index (χ1) is 11.8. The Morgan fingerprint density at radius 3 is 2.96 bits per heavy atom. The van der Waals surface area contributed by atoms with Crippen LogP contribution in [-0.4, -0.2) is 18.1 Å². The summed E-state index contributed by atoms with van der Waals surface area (Å²) in [5.74, 6) is 0.739. The molecule has 0 radical (unpaired) electrons. The summed E-state index contributed by atoms with van der Waals surface area (Å²) in [4.78, 5) is 4.76. The van der Waals surface area contributed by atoms with Gasteiger partial charge in [-0.3, -0.25) is 0 Å². The molecule has 0 saturated heterocycles. The molecule has 1 atom stereocenters. The summed E-state index contributed by atoms with van der Waals surface area (Å²) in [5.41, 5.74) is 5.86. The first kappa shape index (κ1) is 15.2. The molecule has 2 aliphatic rings. The quantitative estimate of drug-likeness (QED) is 0.913. The zero-order valence-electron chi connectivity index (χ0n) is 13.8. The van der Waals surface area contributed by atoms with Gasteiger partial charge in [0.25, 0.3) is 0 Å². The standard InChI is InChI=1S/C20H22N4/c21-12-16-11-15-6-2-4-8-18(15)24-20(16)23-13-19-17-7-3-1-5-14(17)9-10-22-19/h1,3,5,7,11,19,22H,2,4,6,8-10,13H2,(H,23,24). The number of hydrogen-bond acceptors (Lipinski definition) is 4. The summed E-state index contributed by atoms with van der Waals surface area (Å²) in [5, 5.41) is 16.5. The summed E-state index contributed by atoms with van der Waals surface area (Å²) in [6.45, 7) is 1.74. The summed E-state index contributed by atoms with van der Waals surface area (Å²) < 4.78 is 0. The number of nitrogens with zero attached hydrogens (tertiary/aromatic N) is 2. The second-order valence-electron chi connectivity index (χ2n) is 6.65. The van der Waals surface area contributed by atoms with E-state index in [-0.39, 0.29) is 6.04 Å². The summed E-state index contributed by atoms with van der Waals surface area (Å²) in [6.07, 6.45) is 5.56. The maximum Gasteiger partial charge on any atom is 0.144 e. The van der Waals surface area contributed by atoms with Crippen LogP contribution >= 0.6 is 0 Å². The number of benzene rings is 1. The highest BCUT2D eigenvalue weighted by atomic mass is 15.0. The first-order valence-electron chi connectivity index (χ1n) is 8.83. The fraction of sp³-hybridized carbons (Fsp3) is 0.400. The number of nitriles is 1. The van der Waals surface area contributed by atoms with Gasteiger partial charge < -0.3 is 10.6 Å². The minimum absolute atomic E-state index is 0.263. The van der Waals surface area contributed by atoms with Crippen LogP contribution in [0, 0.1) is 11.3 Å². The predicted molar refractivity (Wildman–Crippen MR) is 95.0 cm³/mol. The highest BCUT2D eigenvalue weighted by Crippen LogP contribution is 2.26. The molecule has 0 fully saturated rings. The summed E-state index contributed by atoms with van der Waals surface area (Å²) >= 11 is 0. The molecular formula is C20H22N4. The third kappa shape index (κ3) is 2.88. The zero-order chi connectivity index (χ0) is 16.4. The van der Waals surface area contributed by atoms with Crippen molar-refractivity contribution in [3.8, 4) is 6.07 Å². The maximum atomic E-state index is 9.47.